The van der Waals surface area contributed by atoms with Crippen LogP contribution in [-0.2, 0) is 9.53 Å². The van der Waals surface area contributed by atoms with Crippen LogP contribution in [0.4, 0.5) is 4.79 Å². The van der Waals surface area contributed by atoms with Crippen molar-refractivity contribution in [3.05, 3.63) is 59.7 Å². The lowest BCUT2D eigenvalue weighted by atomic mass is 10.1. The van der Waals surface area contributed by atoms with Crippen LogP contribution < -0.4 is 5.32 Å². The number of amides is 3. The lowest BCUT2D eigenvalue weighted by Crippen LogP contribution is -2.40. The molecule has 0 unspecified atom stereocenters. The van der Waals surface area contributed by atoms with E-state index in [0.717, 1.165) is 10.5 Å². The summed E-state index contributed by atoms with van der Waals surface area (Å²) in [6.45, 7) is 1.47. The van der Waals surface area contributed by atoms with Crippen molar-refractivity contribution in [2.24, 2.45) is 0 Å². The third-order valence-electron chi connectivity index (χ3n) is 3.73. The van der Waals surface area contributed by atoms with E-state index in [2.05, 4.69) is 15.3 Å². The second-order valence-corrected chi connectivity index (χ2v) is 5.54. The molecule has 3 amide bonds. The molecule has 8 nitrogen and oxygen atoms in total. The van der Waals surface area contributed by atoms with E-state index in [1.165, 1.54) is 12.4 Å². The minimum absolute atomic E-state index is 0.0211. The zero-order chi connectivity index (χ0) is 17.8. The number of carbonyl (C=O) groups excluding carboxylic acids is 3. The normalized spacial score (nSPS) is 15.0. The van der Waals surface area contributed by atoms with E-state index >= 15 is 0 Å². The van der Waals surface area contributed by atoms with Gasteiger partial charge in [0.1, 0.15) is 5.69 Å². The van der Waals surface area contributed by atoms with Crippen LogP contribution in [0, 0.1) is 6.92 Å². The first-order valence-electron chi connectivity index (χ1n) is 7.66. The van der Waals surface area contributed by atoms with Crippen molar-refractivity contribution in [3.63, 3.8) is 0 Å². The fraction of sp³-hybridized carbons (Fsp3) is 0.235. The molecule has 1 aromatic heterocycles. The summed E-state index contributed by atoms with van der Waals surface area (Å²) in [5.74, 6) is -0.878. The fourth-order valence-electron chi connectivity index (χ4n) is 2.40. The molecule has 1 saturated heterocycles. The quantitative estimate of drug-likeness (QED) is 0.878. The number of ether oxygens (including phenoxy) is 1. The van der Waals surface area contributed by atoms with Gasteiger partial charge in [-0.1, -0.05) is 30.3 Å². The summed E-state index contributed by atoms with van der Waals surface area (Å²) in [7, 11) is 0. The Balaban J connectivity index is 1.81. The predicted octanol–water partition coefficient (Wildman–Crippen LogP) is 1.23. The van der Waals surface area contributed by atoms with Crippen molar-refractivity contribution in [3.8, 4) is 0 Å². The van der Waals surface area contributed by atoms with Crippen LogP contribution in [0.15, 0.2) is 42.7 Å². The number of imide groups is 1. The summed E-state index contributed by atoms with van der Waals surface area (Å²) in [6.07, 6.45) is 2.16. The maximum atomic E-state index is 12.4. The van der Waals surface area contributed by atoms with Crippen molar-refractivity contribution in [1.29, 1.82) is 0 Å². The Morgan fingerprint density at radius 3 is 2.60 bits per heavy atom. The number of benzene rings is 1. The van der Waals surface area contributed by atoms with Gasteiger partial charge in [-0.05, 0) is 12.5 Å². The van der Waals surface area contributed by atoms with Gasteiger partial charge in [0.2, 0.25) is 0 Å². The zero-order valence-electron chi connectivity index (χ0n) is 13.5. The fourth-order valence-corrected chi connectivity index (χ4v) is 2.40. The van der Waals surface area contributed by atoms with E-state index in [9.17, 15) is 14.4 Å². The van der Waals surface area contributed by atoms with Gasteiger partial charge in [0.05, 0.1) is 24.5 Å². The lowest BCUT2D eigenvalue weighted by Gasteiger charge is -2.22. The molecule has 0 radical (unpaired) electrons. The van der Waals surface area contributed by atoms with Gasteiger partial charge in [0.25, 0.3) is 11.8 Å². The molecule has 0 spiro atoms. The number of hydrogen-bond acceptors (Lipinski definition) is 6. The Hall–Kier alpha value is -3.29. The van der Waals surface area contributed by atoms with Crippen molar-refractivity contribution >= 4 is 17.9 Å². The highest BCUT2D eigenvalue weighted by atomic mass is 16.6. The third-order valence-corrected chi connectivity index (χ3v) is 3.73. The first-order chi connectivity index (χ1) is 12.0. The Kier molecular flexibility index (Phi) is 4.69. The highest BCUT2D eigenvalue weighted by Crippen LogP contribution is 2.18. The molecule has 25 heavy (non-hydrogen) atoms. The second kappa shape index (κ2) is 7.08. The molecule has 1 atom stereocenters. The number of rotatable bonds is 5. The van der Waals surface area contributed by atoms with E-state index in [4.69, 9.17) is 4.74 Å². The smallest absolute Gasteiger partial charge is 0.417 e. The molecule has 0 saturated carbocycles. The Morgan fingerprint density at radius 1 is 1.24 bits per heavy atom. The third kappa shape index (κ3) is 3.79. The molecule has 3 rings (SSSR count). The van der Waals surface area contributed by atoms with Crippen molar-refractivity contribution in [2.75, 3.05) is 13.2 Å². The van der Waals surface area contributed by atoms with Crippen LogP contribution in [0.1, 0.15) is 27.8 Å². The zero-order valence-corrected chi connectivity index (χ0v) is 13.5. The molecule has 1 aliphatic heterocycles. The summed E-state index contributed by atoms with van der Waals surface area (Å²) in [4.78, 5) is 45.0. The molecule has 1 aliphatic rings. The molecule has 8 heteroatoms. The van der Waals surface area contributed by atoms with Crippen molar-refractivity contribution in [1.82, 2.24) is 20.2 Å². The van der Waals surface area contributed by atoms with Crippen LogP contribution in [-0.4, -0.2) is 45.9 Å². The minimum atomic E-state index is -0.713. The Bertz CT molecular complexity index is 776. The van der Waals surface area contributed by atoms with Crippen LogP contribution >= 0.6 is 0 Å². The molecule has 2 heterocycles. The van der Waals surface area contributed by atoms with Gasteiger partial charge in [-0.2, -0.15) is 0 Å². The second-order valence-electron chi connectivity index (χ2n) is 5.54. The molecule has 0 aliphatic carbocycles. The average molecular weight is 340 g/mol. The van der Waals surface area contributed by atoms with E-state index in [1.807, 2.05) is 18.2 Å². The lowest BCUT2D eigenvalue weighted by molar-refractivity contribution is -0.126. The molecule has 2 aromatic rings. The maximum absolute atomic E-state index is 12.4. The number of nitrogens with zero attached hydrogens (tertiary/aromatic N) is 3. The van der Waals surface area contributed by atoms with Crippen molar-refractivity contribution in [2.45, 2.75) is 13.0 Å². The van der Waals surface area contributed by atoms with Gasteiger partial charge in [-0.15, -0.1) is 0 Å². The number of cyclic esters (lactones) is 1. The first-order valence-corrected chi connectivity index (χ1v) is 7.66. The summed E-state index contributed by atoms with van der Waals surface area (Å²) in [6, 6.07) is 8.47. The van der Waals surface area contributed by atoms with E-state index in [1.54, 1.807) is 19.1 Å². The maximum Gasteiger partial charge on any atom is 0.417 e. The van der Waals surface area contributed by atoms with E-state index < -0.39 is 23.9 Å². The van der Waals surface area contributed by atoms with Gasteiger partial charge in [0.15, 0.2) is 6.61 Å². The van der Waals surface area contributed by atoms with Gasteiger partial charge in [0, 0.05) is 6.20 Å². The van der Waals surface area contributed by atoms with Crippen LogP contribution in [0.5, 0.6) is 0 Å². The van der Waals surface area contributed by atoms with Crippen LogP contribution in [0.3, 0.4) is 0 Å². The Morgan fingerprint density at radius 2 is 2.00 bits per heavy atom. The number of carbonyl (C=O) groups is 3. The summed E-state index contributed by atoms with van der Waals surface area (Å²) in [5.41, 5.74) is 1.60. The molecule has 1 fully saturated rings. The number of aryl methyl sites for hydroxylation is 1. The summed E-state index contributed by atoms with van der Waals surface area (Å²) in [5, 5.41) is 2.79. The van der Waals surface area contributed by atoms with Crippen LogP contribution in [0.25, 0.3) is 0 Å². The standard InChI is InChI=1S/C17H16N4O4/c1-11-7-19-13(8-18-11)16(23)20-14(12-5-3-2-4-6-12)9-21-15(22)10-25-17(21)24/h2-8,14H,9-10H2,1H3,(H,20,23)/t14-/m1/s1. The topological polar surface area (TPSA) is 101 Å². The number of aromatic nitrogens is 2. The number of hydrogen-bond donors (Lipinski definition) is 1. The highest BCUT2D eigenvalue weighted by Gasteiger charge is 2.33. The molecular weight excluding hydrogens is 324 g/mol. The number of nitrogens with one attached hydrogen (secondary N) is 1. The molecule has 1 N–H and O–H groups in total. The largest absolute Gasteiger partial charge is 0.439 e. The van der Waals surface area contributed by atoms with Crippen LogP contribution in [0.2, 0.25) is 0 Å². The summed E-state index contributed by atoms with van der Waals surface area (Å²) >= 11 is 0. The van der Waals surface area contributed by atoms with Gasteiger partial charge in [-0.3, -0.25) is 14.6 Å². The first kappa shape index (κ1) is 16.6. The van der Waals surface area contributed by atoms with Gasteiger partial charge in [-0.25, -0.2) is 14.7 Å². The monoisotopic (exact) mass is 340 g/mol. The molecule has 1 aromatic carbocycles. The van der Waals surface area contributed by atoms with Crippen molar-refractivity contribution < 1.29 is 19.1 Å². The van der Waals surface area contributed by atoms with Gasteiger partial charge < -0.3 is 10.1 Å². The SMILES string of the molecule is Cc1cnc(C(=O)N[C@H](CN2C(=O)COC2=O)c2ccccc2)cn1. The molecular formula is C17H16N4O4. The minimum Gasteiger partial charge on any atom is -0.439 e. The average Bonchev–Trinajstić information content (AvgIpc) is 2.94. The molecule has 128 valence electrons. The van der Waals surface area contributed by atoms with E-state index in [0.29, 0.717) is 5.69 Å². The molecule has 0 bridgehead atoms. The predicted molar refractivity (Wildman–Crippen MR) is 86.5 cm³/mol. The summed E-state index contributed by atoms with van der Waals surface area (Å²) < 4.78 is 4.72. The van der Waals surface area contributed by atoms with E-state index in [-0.39, 0.29) is 18.8 Å². The van der Waals surface area contributed by atoms with Gasteiger partial charge >= 0.3 is 6.09 Å². The Labute approximate surface area is 143 Å². The highest BCUT2D eigenvalue weighted by molar-refractivity contribution is 5.98.